The van der Waals surface area contributed by atoms with Gasteiger partial charge >= 0.3 is 0 Å². The van der Waals surface area contributed by atoms with Crippen molar-refractivity contribution in [3.8, 4) is 6.07 Å². The van der Waals surface area contributed by atoms with Crippen molar-refractivity contribution in [3.05, 3.63) is 46.8 Å². The summed E-state index contributed by atoms with van der Waals surface area (Å²) in [4.78, 5) is 8.22. The number of dihydropyridines is 1. The van der Waals surface area contributed by atoms with Crippen LogP contribution in [0.1, 0.15) is 20.8 Å². The third-order valence-corrected chi connectivity index (χ3v) is 3.64. The maximum atomic E-state index is 9.30. The SMILES string of the molecule is C=C(/N=C(Cl)\C(C#N)=C(/C)C(C)C)C1=C/C(=C/NC)C(=N)N=C1. The minimum Gasteiger partial charge on any atom is -0.393 e. The zero-order chi connectivity index (χ0) is 17.6. The predicted molar refractivity (Wildman–Crippen MR) is 97.0 cm³/mol. The third kappa shape index (κ3) is 4.76. The number of hydrogen-bond acceptors (Lipinski definition) is 4. The second kappa shape index (κ2) is 8.25. The lowest BCUT2D eigenvalue weighted by Gasteiger charge is -2.11. The van der Waals surface area contributed by atoms with E-state index in [0.717, 1.165) is 5.57 Å². The Morgan fingerprint density at radius 1 is 1.57 bits per heavy atom. The molecular weight excluding hydrogens is 310 g/mol. The molecule has 0 fully saturated rings. The fourth-order valence-corrected chi connectivity index (χ4v) is 2.02. The van der Waals surface area contributed by atoms with Crippen molar-refractivity contribution in [3.63, 3.8) is 0 Å². The van der Waals surface area contributed by atoms with Gasteiger partial charge in [-0.2, -0.15) is 5.26 Å². The van der Waals surface area contributed by atoms with E-state index in [2.05, 4.69) is 27.9 Å². The lowest BCUT2D eigenvalue weighted by Crippen LogP contribution is -2.09. The van der Waals surface area contributed by atoms with Crippen LogP contribution in [0.2, 0.25) is 0 Å². The molecule has 0 aliphatic carbocycles. The van der Waals surface area contributed by atoms with E-state index in [0.29, 0.717) is 22.4 Å². The Balaban J connectivity index is 3.16. The van der Waals surface area contributed by atoms with Gasteiger partial charge in [-0.25, -0.2) is 9.98 Å². The van der Waals surface area contributed by atoms with Gasteiger partial charge in [0, 0.05) is 30.6 Å². The normalized spacial score (nSPS) is 17.8. The first-order chi connectivity index (χ1) is 10.8. The summed E-state index contributed by atoms with van der Waals surface area (Å²) in [5.74, 6) is 0.349. The highest BCUT2D eigenvalue weighted by Gasteiger charge is 2.14. The van der Waals surface area contributed by atoms with Gasteiger partial charge in [-0.3, -0.25) is 5.41 Å². The summed E-state index contributed by atoms with van der Waals surface area (Å²) in [5, 5.41) is 20.0. The molecule has 0 atom stereocenters. The molecular formula is C17H20ClN5. The van der Waals surface area contributed by atoms with E-state index < -0.39 is 0 Å². The van der Waals surface area contributed by atoms with Gasteiger partial charge in [0.1, 0.15) is 11.2 Å². The first-order valence-corrected chi connectivity index (χ1v) is 7.46. The van der Waals surface area contributed by atoms with Crippen molar-refractivity contribution >= 4 is 28.8 Å². The number of rotatable bonds is 5. The van der Waals surface area contributed by atoms with Gasteiger partial charge in [0.25, 0.3) is 0 Å². The highest BCUT2D eigenvalue weighted by Crippen LogP contribution is 2.21. The fourth-order valence-electron chi connectivity index (χ4n) is 1.73. The topological polar surface area (TPSA) is 84.4 Å². The van der Waals surface area contributed by atoms with Crippen LogP contribution in [0.5, 0.6) is 0 Å². The summed E-state index contributed by atoms with van der Waals surface area (Å²) in [7, 11) is 1.74. The predicted octanol–water partition coefficient (Wildman–Crippen LogP) is 3.72. The van der Waals surface area contributed by atoms with Gasteiger partial charge in [-0.05, 0) is 24.5 Å². The van der Waals surface area contributed by atoms with Crippen LogP contribution in [0.3, 0.4) is 0 Å². The average Bonchev–Trinajstić information content (AvgIpc) is 2.50. The van der Waals surface area contributed by atoms with Gasteiger partial charge in [-0.15, -0.1) is 0 Å². The van der Waals surface area contributed by atoms with Gasteiger partial charge in [0.2, 0.25) is 0 Å². The Bertz CT molecular complexity index is 712. The average molecular weight is 330 g/mol. The lowest BCUT2D eigenvalue weighted by atomic mass is 10.00. The Kier molecular flexibility index (Phi) is 6.67. The smallest absolute Gasteiger partial charge is 0.153 e. The molecule has 0 unspecified atom stereocenters. The maximum Gasteiger partial charge on any atom is 0.153 e. The fraction of sp³-hybridized carbons (Fsp3) is 0.294. The maximum absolute atomic E-state index is 9.30. The van der Waals surface area contributed by atoms with Crippen LogP contribution in [-0.4, -0.2) is 24.3 Å². The summed E-state index contributed by atoms with van der Waals surface area (Å²) < 4.78 is 0. The molecule has 0 saturated heterocycles. The molecule has 0 aromatic rings. The van der Waals surface area contributed by atoms with Crippen molar-refractivity contribution < 1.29 is 0 Å². The first-order valence-electron chi connectivity index (χ1n) is 7.08. The van der Waals surface area contributed by atoms with Crippen molar-refractivity contribution in [2.75, 3.05) is 7.05 Å². The first kappa shape index (κ1) is 18.6. The van der Waals surface area contributed by atoms with Crippen molar-refractivity contribution in [2.24, 2.45) is 15.9 Å². The van der Waals surface area contributed by atoms with Crippen LogP contribution in [0, 0.1) is 22.7 Å². The van der Waals surface area contributed by atoms with E-state index in [9.17, 15) is 5.26 Å². The standard InChI is InChI=1S/C17H20ClN5/c1-10(2)11(3)15(7-19)16(18)23-12(4)13-6-14(8-21-5)17(20)22-9-13/h6,8-10,20-21H,4H2,1-3,5H3/b14-8-,15-11+,20-17?,23-16+. The molecule has 1 heterocycles. The van der Waals surface area contributed by atoms with E-state index in [1.54, 1.807) is 19.3 Å². The Labute approximate surface area is 142 Å². The number of amidine groups is 1. The molecule has 5 nitrogen and oxygen atoms in total. The number of halogens is 1. The van der Waals surface area contributed by atoms with Gasteiger partial charge < -0.3 is 5.32 Å². The van der Waals surface area contributed by atoms with E-state index in [-0.39, 0.29) is 16.9 Å². The van der Waals surface area contributed by atoms with Gasteiger partial charge in [-0.1, -0.05) is 32.0 Å². The largest absolute Gasteiger partial charge is 0.393 e. The molecule has 0 aromatic heterocycles. The van der Waals surface area contributed by atoms with Crippen LogP contribution in [0.4, 0.5) is 0 Å². The molecule has 1 aliphatic heterocycles. The highest BCUT2D eigenvalue weighted by molar-refractivity contribution is 6.70. The number of nitrogens with one attached hydrogen (secondary N) is 2. The van der Waals surface area contributed by atoms with E-state index >= 15 is 0 Å². The molecule has 0 saturated carbocycles. The number of hydrogen-bond donors (Lipinski definition) is 2. The molecule has 0 radical (unpaired) electrons. The summed E-state index contributed by atoms with van der Waals surface area (Å²) >= 11 is 6.19. The Morgan fingerprint density at radius 2 is 2.22 bits per heavy atom. The van der Waals surface area contributed by atoms with Crippen LogP contribution in [0.25, 0.3) is 0 Å². The summed E-state index contributed by atoms with van der Waals surface area (Å²) in [5.41, 5.74) is 2.87. The molecule has 1 aliphatic rings. The lowest BCUT2D eigenvalue weighted by molar-refractivity contribution is 0.766. The number of allylic oxidation sites excluding steroid dienone is 3. The van der Waals surface area contributed by atoms with E-state index in [4.69, 9.17) is 17.0 Å². The van der Waals surface area contributed by atoms with Crippen molar-refractivity contribution in [2.45, 2.75) is 20.8 Å². The highest BCUT2D eigenvalue weighted by atomic mass is 35.5. The molecule has 1 rings (SSSR count). The van der Waals surface area contributed by atoms with Crippen molar-refractivity contribution in [1.29, 1.82) is 10.7 Å². The second-order valence-corrected chi connectivity index (χ2v) is 5.63. The molecule has 0 bridgehead atoms. The van der Waals surface area contributed by atoms with Gasteiger partial charge in [0.15, 0.2) is 5.84 Å². The van der Waals surface area contributed by atoms with Crippen LogP contribution in [-0.2, 0) is 0 Å². The Morgan fingerprint density at radius 3 is 2.74 bits per heavy atom. The Hall–Kier alpha value is -2.45. The molecule has 0 amide bonds. The van der Waals surface area contributed by atoms with Crippen molar-refractivity contribution in [1.82, 2.24) is 5.32 Å². The molecule has 120 valence electrons. The number of nitriles is 1. The second-order valence-electron chi connectivity index (χ2n) is 5.27. The molecule has 6 heteroatoms. The van der Waals surface area contributed by atoms with Crippen LogP contribution in [0.15, 0.2) is 56.8 Å². The quantitative estimate of drug-likeness (QED) is 0.595. The monoisotopic (exact) mass is 329 g/mol. The minimum absolute atomic E-state index is 0.109. The number of aliphatic imine (C=N–C) groups is 2. The minimum atomic E-state index is 0.109. The zero-order valence-corrected chi connectivity index (χ0v) is 14.5. The summed E-state index contributed by atoms with van der Waals surface area (Å²) in [6.07, 6.45) is 4.92. The molecule has 2 N–H and O–H groups in total. The van der Waals surface area contributed by atoms with Crippen LogP contribution < -0.4 is 5.32 Å². The number of nitrogens with zero attached hydrogens (tertiary/aromatic N) is 3. The van der Waals surface area contributed by atoms with E-state index in [1.165, 1.54) is 6.21 Å². The van der Waals surface area contributed by atoms with Gasteiger partial charge in [0.05, 0.1) is 11.3 Å². The summed E-state index contributed by atoms with van der Waals surface area (Å²) in [6.45, 7) is 9.72. The molecule has 0 spiro atoms. The van der Waals surface area contributed by atoms with Crippen LogP contribution >= 0.6 is 11.6 Å². The zero-order valence-electron chi connectivity index (χ0n) is 13.7. The van der Waals surface area contributed by atoms with E-state index in [1.807, 2.05) is 20.8 Å². The molecule has 23 heavy (non-hydrogen) atoms. The summed E-state index contributed by atoms with van der Waals surface area (Å²) in [6, 6.07) is 2.09. The molecule has 0 aromatic carbocycles. The third-order valence-electron chi connectivity index (χ3n) is 3.36.